The number of aryl methyl sites for hydroxylation is 2. The van der Waals surface area contributed by atoms with Gasteiger partial charge in [0.25, 0.3) is 0 Å². The molecule has 1 heterocycles. The summed E-state index contributed by atoms with van der Waals surface area (Å²) in [7, 11) is 1.71. The highest BCUT2D eigenvalue weighted by Crippen LogP contribution is 2.52. The highest BCUT2D eigenvalue weighted by molar-refractivity contribution is 8.01. The summed E-state index contributed by atoms with van der Waals surface area (Å²) < 4.78 is 12.9. The highest BCUT2D eigenvalue weighted by Gasteiger charge is 2.39. The van der Waals surface area contributed by atoms with Crippen LogP contribution in [0.15, 0.2) is 101 Å². The van der Waals surface area contributed by atoms with Crippen molar-refractivity contribution in [3.63, 3.8) is 0 Å². The number of fused-ring (bicyclic) bond motifs is 8. The van der Waals surface area contributed by atoms with Crippen LogP contribution in [-0.4, -0.2) is 19.6 Å². The van der Waals surface area contributed by atoms with E-state index in [9.17, 15) is 0 Å². The van der Waals surface area contributed by atoms with Gasteiger partial charge in [-0.05, 0) is 90.3 Å². The van der Waals surface area contributed by atoms with Crippen LogP contribution in [0, 0.1) is 6.92 Å². The van der Waals surface area contributed by atoms with Crippen molar-refractivity contribution in [3.05, 3.63) is 124 Å². The minimum absolute atomic E-state index is 0.765. The van der Waals surface area contributed by atoms with Crippen molar-refractivity contribution in [2.45, 2.75) is 35.2 Å². The Bertz CT molecular complexity index is 1820. The molecule has 0 saturated carbocycles. The van der Waals surface area contributed by atoms with Gasteiger partial charge in [-0.3, -0.25) is 0 Å². The SMILES string of the molecule is COc1ccc(C2(c3ccc(C)cc3)C=Cc3c4c(c5cc(SC)c(SC)cc5c3O2)-c2ccccc2CC4)cc1. The zero-order valence-corrected chi connectivity index (χ0v) is 25.4. The average molecular weight is 573 g/mol. The maximum Gasteiger partial charge on any atom is 0.178 e. The largest absolute Gasteiger partial charge is 0.497 e. The predicted molar refractivity (Wildman–Crippen MR) is 175 cm³/mol. The van der Waals surface area contributed by atoms with Gasteiger partial charge in [-0.2, -0.15) is 0 Å². The summed E-state index contributed by atoms with van der Waals surface area (Å²) in [6.45, 7) is 2.13. The summed E-state index contributed by atoms with van der Waals surface area (Å²) >= 11 is 3.61. The maximum atomic E-state index is 7.40. The normalized spacial score (nSPS) is 17.0. The summed E-state index contributed by atoms with van der Waals surface area (Å²) in [5, 5.41) is 2.45. The zero-order valence-electron chi connectivity index (χ0n) is 23.8. The van der Waals surface area contributed by atoms with Crippen LogP contribution < -0.4 is 9.47 Å². The Balaban J connectivity index is 1.55. The van der Waals surface area contributed by atoms with Gasteiger partial charge < -0.3 is 9.47 Å². The molecule has 5 aromatic rings. The van der Waals surface area contributed by atoms with Gasteiger partial charge in [-0.1, -0.05) is 72.3 Å². The molecule has 1 aliphatic carbocycles. The second-order valence-electron chi connectivity index (χ2n) is 10.8. The number of hydrogen-bond donors (Lipinski definition) is 0. The van der Waals surface area contributed by atoms with Crippen LogP contribution >= 0.6 is 23.5 Å². The third-order valence-electron chi connectivity index (χ3n) is 8.59. The van der Waals surface area contributed by atoms with E-state index in [1.807, 2.05) is 23.9 Å². The monoisotopic (exact) mass is 572 g/mol. The Morgan fingerprint density at radius 2 is 1.44 bits per heavy atom. The molecule has 0 saturated heterocycles. The molecule has 1 unspecified atom stereocenters. The van der Waals surface area contributed by atoms with Crippen molar-refractivity contribution >= 4 is 40.4 Å². The number of thioether (sulfide) groups is 2. The van der Waals surface area contributed by atoms with Gasteiger partial charge in [-0.25, -0.2) is 0 Å². The molecular formula is C37H32O2S2. The van der Waals surface area contributed by atoms with Crippen LogP contribution in [0.5, 0.6) is 11.5 Å². The number of hydrogen-bond acceptors (Lipinski definition) is 4. The lowest BCUT2D eigenvalue weighted by molar-refractivity contribution is 0.163. The molecule has 0 bridgehead atoms. The van der Waals surface area contributed by atoms with E-state index in [1.54, 1.807) is 18.9 Å². The lowest BCUT2D eigenvalue weighted by Crippen LogP contribution is -2.34. The minimum atomic E-state index is -0.765. The van der Waals surface area contributed by atoms with E-state index >= 15 is 0 Å². The van der Waals surface area contributed by atoms with Crippen molar-refractivity contribution in [2.24, 2.45) is 0 Å². The first-order valence-electron chi connectivity index (χ1n) is 14.0. The average Bonchev–Trinajstić information content (AvgIpc) is 3.03. The van der Waals surface area contributed by atoms with E-state index in [0.29, 0.717) is 0 Å². The fourth-order valence-electron chi connectivity index (χ4n) is 6.46. The highest BCUT2D eigenvalue weighted by atomic mass is 32.2. The Morgan fingerprint density at radius 1 is 0.780 bits per heavy atom. The maximum absolute atomic E-state index is 7.40. The van der Waals surface area contributed by atoms with Gasteiger partial charge in [0.15, 0.2) is 5.60 Å². The fourth-order valence-corrected chi connectivity index (χ4v) is 7.95. The van der Waals surface area contributed by atoms with Gasteiger partial charge in [0.2, 0.25) is 0 Å². The van der Waals surface area contributed by atoms with Crippen LogP contribution in [0.3, 0.4) is 0 Å². The van der Waals surface area contributed by atoms with Gasteiger partial charge >= 0.3 is 0 Å². The Hall–Kier alpha value is -3.60. The summed E-state index contributed by atoms with van der Waals surface area (Å²) in [6.07, 6.45) is 11.0. The van der Waals surface area contributed by atoms with E-state index in [-0.39, 0.29) is 0 Å². The van der Waals surface area contributed by atoms with Crippen molar-refractivity contribution in [3.8, 4) is 22.6 Å². The first-order valence-corrected chi connectivity index (χ1v) is 16.4. The third-order valence-corrected chi connectivity index (χ3v) is 10.3. The van der Waals surface area contributed by atoms with Crippen LogP contribution in [-0.2, 0) is 18.4 Å². The van der Waals surface area contributed by atoms with Gasteiger partial charge in [0.1, 0.15) is 11.5 Å². The molecule has 1 aliphatic heterocycles. The van der Waals surface area contributed by atoms with E-state index in [2.05, 4.69) is 104 Å². The number of ether oxygens (including phenoxy) is 2. The lowest BCUT2D eigenvalue weighted by atomic mass is 9.77. The molecule has 204 valence electrons. The van der Waals surface area contributed by atoms with Crippen LogP contribution in [0.1, 0.15) is 33.4 Å². The number of rotatable bonds is 5. The first kappa shape index (κ1) is 26.3. The Morgan fingerprint density at radius 3 is 2.12 bits per heavy atom. The molecule has 5 aromatic carbocycles. The molecule has 0 radical (unpaired) electrons. The molecule has 0 N–H and O–H groups in total. The van der Waals surface area contributed by atoms with Crippen LogP contribution in [0.2, 0.25) is 0 Å². The van der Waals surface area contributed by atoms with Crippen LogP contribution in [0.25, 0.3) is 28.0 Å². The quantitative estimate of drug-likeness (QED) is 0.195. The molecule has 2 nitrogen and oxygen atoms in total. The van der Waals surface area contributed by atoms with E-state index in [0.717, 1.165) is 35.5 Å². The fraction of sp³-hybridized carbons (Fsp3) is 0.189. The second kappa shape index (κ2) is 10.3. The van der Waals surface area contributed by atoms with Gasteiger partial charge in [0, 0.05) is 31.9 Å². The number of benzene rings is 5. The molecule has 0 aromatic heterocycles. The molecule has 1 atom stereocenters. The van der Waals surface area contributed by atoms with Crippen molar-refractivity contribution in [1.82, 2.24) is 0 Å². The van der Waals surface area contributed by atoms with E-state index < -0.39 is 5.60 Å². The summed E-state index contributed by atoms with van der Waals surface area (Å²) in [6, 6.07) is 30.7. The second-order valence-corrected chi connectivity index (χ2v) is 12.5. The number of methoxy groups -OCH3 is 1. The Labute approximate surface area is 250 Å². The molecule has 4 heteroatoms. The topological polar surface area (TPSA) is 18.5 Å². The standard InChI is InChI=1S/C37H32O2S2/c1-23-9-12-25(13-10-23)37(26-14-16-27(38-2)17-15-26)20-19-30-29-18-11-24-7-5-6-8-28(24)35(29)31-21-33(40-3)34(41-4)22-32(31)36(30)39-37/h5-10,12-17,19-22H,11,18H2,1-4H3. The van der Waals surface area contributed by atoms with E-state index in [1.165, 1.54) is 53.9 Å². The third kappa shape index (κ3) is 4.19. The molecule has 0 amide bonds. The summed E-state index contributed by atoms with van der Waals surface area (Å²) in [4.78, 5) is 2.58. The Kier molecular flexibility index (Phi) is 6.64. The smallest absolute Gasteiger partial charge is 0.178 e. The van der Waals surface area contributed by atoms with Crippen molar-refractivity contribution in [2.75, 3.05) is 19.6 Å². The van der Waals surface area contributed by atoms with Crippen molar-refractivity contribution in [1.29, 1.82) is 0 Å². The molecule has 41 heavy (non-hydrogen) atoms. The van der Waals surface area contributed by atoms with Crippen LogP contribution in [0.4, 0.5) is 0 Å². The first-order chi connectivity index (χ1) is 20.1. The molecule has 0 fully saturated rings. The summed E-state index contributed by atoms with van der Waals surface area (Å²) in [5.74, 6) is 1.81. The van der Waals surface area contributed by atoms with Crippen molar-refractivity contribution < 1.29 is 9.47 Å². The lowest BCUT2D eigenvalue weighted by Gasteiger charge is -2.38. The van der Waals surface area contributed by atoms with Gasteiger partial charge in [0.05, 0.1) is 7.11 Å². The van der Waals surface area contributed by atoms with E-state index in [4.69, 9.17) is 9.47 Å². The predicted octanol–water partition coefficient (Wildman–Crippen LogP) is 9.72. The molecule has 0 spiro atoms. The molecule has 2 aliphatic rings. The molecule has 7 rings (SSSR count). The molecular weight excluding hydrogens is 541 g/mol. The minimum Gasteiger partial charge on any atom is -0.497 e. The summed E-state index contributed by atoms with van der Waals surface area (Å²) in [5.41, 5.74) is 9.39. The zero-order chi connectivity index (χ0) is 28.1. The van der Waals surface area contributed by atoms with Gasteiger partial charge in [-0.15, -0.1) is 23.5 Å².